The molecular formula is C7H10N2O3. The lowest BCUT2D eigenvalue weighted by Crippen LogP contribution is -2.03. The van der Waals surface area contributed by atoms with E-state index in [4.69, 9.17) is 10.00 Å². The molecule has 0 N–H and O–H groups in total. The molecule has 0 bridgehead atoms. The maximum absolute atomic E-state index is 10.3. The molecule has 0 heterocycles. The third-order valence-corrected chi connectivity index (χ3v) is 1.19. The zero-order valence-electron chi connectivity index (χ0n) is 7.03. The summed E-state index contributed by atoms with van der Waals surface area (Å²) in [6.07, 6.45) is 0.359. The van der Waals surface area contributed by atoms with Gasteiger partial charge in [0.2, 0.25) is 0 Å². The molecule has 0 aliphatic heterocycles. The molecule has 0 amide bonds. The van der Waals surface area contributed by atoms with Crippen LogP contribution in [0.2, 0.25) is 0 Å². The van der Waals surface area contributed by atoms with Gasteiger partial charge in [-0.1, -0.05) is 6.92 Å². The Labute approximate surface area is 70.4 Å². The van der Waals surface area contributed by atoms with Crippen molar-refractivity contribution in [3.05, 3.63) is 21.6 Å². The highest BCUT2D eigenvalue weighted by molar-refractivity contribution is 5.16. The Morgan fingerprint density at radius 2 is 2.25 bits per heavy atom. The van der Waals surface area contributed by atoms with Crippen LogP contribution in [0.3, 0.4) is 0 Å². The Balaban J connectivity index is 4.77. The van der Waals surface area contributed by atoms with Gasteiger partial charge < -0.3 is 4.74 Å². The zero-order chi connectivity index (χ0) is 9.56. The van der Waals surface area contributed by atoms with Crippen molar-refractivity contribution in [3.63, 3.8) is 0 Å². The van der Waals surface area contributed by atoms with Crippen LogP contribution in [0.25, 0.3) is 0 Å². The van der Waals surface area contributed by atoms with E-state index in [0.29, 0.717) is 13.0 Å². The molecular weight excluding hydrogens is 160 g/mol. The summed E-state index contributed by atoms with van der Waals surface area (Å²) in [6.45, 7) is 3.75. The third kappa shape index (κ3) is 2.58. The maximum Gasteiger partial charge on any atom is 0.382 e. The first-order valence-electron chi connectivity index (χ1n) is 3.57. The van der Waals surface area contributed by atoms with Gasteiger partial charge in [0.15, 0.2) is 11.8 Å². The van der Waals surface area contributed by atoms with Crippen LogP contribution in [0, 0.1) is 21.4 Å². The second kappa shape index (κ2) is 5.13. The van der Waals surface area contributed by atoms with Crippen molar-refractivity contribution in [2.75, 3.05) is 6.61 Å². The highest BCUT2D eigenvalue weighted by Gasteiger charge is 2.17. The van der Waals surface area contributed by atoms with E-state index >= 15 is 0 Å². The molecule has 0 spiro atoms. The summed E-state index contributed by atoms with van der Waals surface area (Å²) in [6, 6.07) is 1.49. The number of nitro groups is 1. The van der Waals surface area contributed by atoms with Crippen LogP contribution in [-0.2, 0) is 4.74 Å². The molecule has 0 aromatic rings. The van der Waals surface area contributed by atoms with Crippen LogP contribution in [0.4, 0.5) is 0 Å². The van der Waals surface area contributed by atoms with Gasteiger partial charge in [-0.2, -0.15) is 5.26 Å². The minimum atomic E-state index is -0.728. The van der Waals surface area contributed by atoms with E-state index in [1.165, 1.54) is 6.07 Å². The van der Waals surface area contributed by atoms with Gasteiger partial charge in [0.1, 0.15) is 0 Å². The first-order chi connectivity index (χ1) is 5.67. The Bertz CT molecular complexity index is 240. The molecule has 5 nitrogen and oxygen atoms in total. The van der Waals surface area contributed by atoms with E-state index in [2.05, 4.69) is 0 Å². The zero-order valence-corrected chi connectivity index (χ0v) is 7.03. The molecule has 5 heteroatoms. The summed E-state index contributed by atoms with van der Waals surface area (Å²) in [5, 5.41) is 18.6. The van der Waals surface area contributed by atoms with Gasteiger partial charge in [-0.05, 0) is 6.92 Å². The van der Waals surface area contributed by atoms with Crippen LogP contribution < -0.4 is 0 Å². The van der Waals surface area contributed by atoms with Crippen LogP contribution in [-0.4, -0.2) is 11.5 Å². The van der Waals surface area contributed by atoms with E-state index in [9.17, 15) is 10.1 Å². The molecule has 0 saturated heterocycles. The highest BCUT2D eigenvalue weighted by atomic mass is 16.6. The molecule has 12 heavy (non-hydrogen) atoms. The largest absolute Gasteiger partial charge is 0.490 e. The van der Waals surface area contributed by atoms with Crippen LogP contribution >= 0.6 is 0 Å². The monoisotopic (exact) mass is 170 g/mol. The lowest BCUT2D eigenvalue weighted by atomic mass is 10.3. The first kappa shape index (κ1) is 10.4. The van der Waals surface area contributed by atoms with Gasteiger partial charge in [0, 0.05) is 6.42 Å². The number of nitriles is 1. The Hall–Kier alpha value is -1.57. The van der Waals surface area contributed by atoms with Crippen LogP contribution in [0.15, 0.2) is 11.5 Å². The lowest BCUT2D eigenvalue weighted by Gasteiger charge is -2.02. The number of ether oxygens (including phenoxy) is 1. The molecule has 0 rings (SSSR count). The number of rotatable bonds is 4. The van der Waals surface area contributed by atoms with Crippen molar-refractivity contribution < 1.29 is 9.66 Å². The van der Waals surface area contributed by atoms with Crippen molar-refractivity contribution >= 4 is 0 Å². The Morgan fingerprint density at radius 1 is 1.67 bits per heavy atom. The third-order valence-electron chi connectivity index (χ3n) is 1.19. The van der Waals surface area contributed by atoms with Crippen molar-refractivity contribution in [3.8, 4) is 6.07 Å². The standard InChI is InChI=1S/C7H10N2O3/c1-3-7(12-4-2)6(5-8)9(10)11/h3-4H2,1-2H3. The summed E-state index contributed by atoms with van der Waals surface area (Å²) in [4.78, 5) is 9.52. The number of allylic oxidation sites excluding steroid dienone is 2. The average Bonchev–Trinajstić information content (AvgIpc) is 2.03. The molecule has 0 aliphatic rings. The molecule has 0 aromatic heterocycles. The fourth-order valence-corrected chi connectivity index (χ4v) is 0.717. The normalized spacial score (nSPS) is 11.4. The molecule has 0 aliphatic carbocycles. The smallest absolute Gasteiger partial charge is 0.382 e. The van der Waals surface area contributed by atoms with E-state index in [-0.39, 0.29) is 5.76 Å². The summed E-state index contributed by atoms with van der Waals surface area (Å²) < 4.78 is 4.92. The minimum absolute atomic E-state index is 0.144. The molecule has 0 unspecified atom stereocenters. The van der Waals surface area contributed by atoms with E-state index in [0.717, 1.165) is 0 Å². The summed E-state index contributed by atoms with van der Waals surface area (Å²) in [5.41, 5.74) is -0.501. The summed E-state index contributed by atoms with van der Waals surface area (Å²) in [5.74, 6) is 0.144. The fraction of sp³-hybridized carbons (Fsp3) is 0.571. The van der Waals surface area contributed by atoms with E-state index < -0.39 is 10.6 Å². The Morgan fingerprint density at radius 3 is 2.50 bits per heavy atom. The van der Waals surface area contributed by atoms with Crippen molar-refractivity contribution in [2.45, 2.75) is 20.3 Å². The maximum atomic E-state index is 10.3. The summed E-state index contributed by atoms with van der Waals surface area (Å²) >= 11 is 0. The first-order valence-corrected chi connectivity index (χ1v) is 3.57. The molecule has 0 atom stereocenters. The van der Waals surface area contributed by atoms with Gasteiger partial charge in [-0.3, -0.25) is 10.1 Å². The number of nitrogens with zero attached hydrogens (tertiary/aromatic N) is 2. The average molecular weight is 170 g/mol. The van der Waals surface area contributed by atoms with E-state index in [1.54, 1.807) is 13.8 Å². The van der Waals surface area contributed by atoms with Gasteiger partial charge in [0.05, 0.1) is 11.5 Å². The minimum Gasteiger partial charge on any atom is -0.490 e. The van der Waals surface area contributed by atoms with E-state index in [1.807, 2.05) is 0 Å². The predicted octanol–water partition coefficient (Wildman–Crippen LogP) is 1.44. The SMILES string of the molecule is CCOC(CC)=C(C#N)[N+](=O)[O-]. The quantitative estimate of drug-likeness (QED) is 0.277. The number of hydrogen-bond donors (Lipinski definition) is 0. The predicted molar refractivity (Wildman–Crippen MR) is 41.6 cm³/mol. The molecule has 0 radical (unpaired) electrons. The van der Waals surface area contributed by atoms with Crippen LogP contribution in [0.1, 0.15) is 20.3 Å². The van der Waals surface area contributed by atoms with Crippen molar-refractivity contribution in [1.82, 2.24) is 0 Å². The van der Waals surface area contributed by atoms with Crippen molar-refractivity contribution in [1.29, 1.82) is 5.26 Å². The van der Waals surface area contributed by atoms with Gasteiger partial charge in [0.25, 0.3) is 0 Å². The Kier molecular flexibility index (Phi) is 4.46. The van der Waals surface area contributed by atoms with Gasteiger partial charge in [-0.15, -0.1) is 0 Å². The fourth-order valence-electron chi connectivity index (χ4n) is 0.717. The second-order valence-corrected chi connectivity index (χ2v) is 1.93. The number of hydrogen-bond acceptors (Lipinski definition) is 4. The van der Waals surface area contributed by atoms with Gasteiger partial charge in [-0.25, -0.2) is 0 Å². The van der Waals surface area contributed by atoms with Crippen molar-refractivity contribution in [2.24, 2.45) is 0 Å². The second-order valence-electron chi connectivity index (χ2n) is 1.93. The lowest BCUT2D eigenvalue weighted by molar-refractivity contribution is -0.420. The molecule has 0 aromatic carbocycles. The topological polar surface area (TPSA) is 76.2 Å². The molecule has 0 saturated carbocycles. The molecule has 0 fully saturated rings. The van der Waals surface area contributed by atoms with Gasteiger partial charge >= 0.3 is 5.70 Å². The molecule has 66 valence electrons. The van der Waals surface area contributed by atoms with Crippen LogP contribution in [0.5, 0.6) is 0 Å². The summed E-state index contributed by atoms with van der Waals surface area (Å²) in [7, 11) is 0. The highest BCUT2D eigenvalue weighted by Crippen LogP contribution is 2.09.